The Morgan fingerprint density at radius 3 is 1.33 bits per heavy atom. The van der Waals surface area contributed by atoms with Gasteiger partial charge in [-0.3, -0.25) is 0 Å². The van der Waals surface area contributed by atoms with E-state index in [1.54, 1.807) is 0 Å². The van der Waals surface area contributed by atoms with E-state index in [2.05, 4.69) is 159 Å². The van der Waals surface area contributed by atoms with Gasteiger partial charge in [-0.15, -0.1) is 0 Å². The largest absolute Gasteiger partial charge is 0.309 e. The minimum absolute atomic E-state index is 0.589. The SMILES string of the molecule is N#Cc1cc(-c2cccc(-n3c4ccccc4c4cc(C#N)ccc43)c2)cc(-n2c3ccccc3c3cc(-n4c5ccccc5c5ccccc54)ccc32)c1. The summed E-state index contributed by atoms with van der Waals surface area (Å²) in [5, 5.41) is 26.9. The molecule has 8 aromatic carbocycles. The fraction of sp³-hybridized carbons (Fsp3) is 0. The first-order valence-electron chi connectivity index (χ1n) is 18.3. The predicted molar refractivity (Wildman–Crippen MR) is 224 cm³/mol. The summed E-state index contributed by atoms with van der Waals surface area (Å²) in [4.78, 5) is 0. The summed E-state index contributed by atoms with van der Waals surface area (Å²) in [5.41, 5.74) is 12.8. The zero-order chi connectivity index (χ0) is 36.6. The first kappa shape index (κ1) is 30.7. The van der Waals surface area contributed by atoms with Crippen LogP contribution in [0.4, 0.5) is 0 Å². The molecule has 0 saturated carbocycles. The molecule has 0 saturated heterocycles. The number of hydrogen-bond acceptors (Lipinski definition) is 2. The van der Waals surface area contributed by atoms with Crippen LogP contribution in [-0.2, 0) is 0 Å². The molecular formula is C50H29N5. The number of para-hydroxylation sites is 4. The molecular weight excluding hydrogens is 671 g/mol. The van der Waals surface area contributed by atoms with Crippen molar-refractivity contribution in [3.05, 3.63) is 187 Å². The highest BCUT2D eigenvalue weighted by Crippen LogP contribution is 2.39. The molecule has 5 nitrogen and oxygen atoms in total. The van der Waals surface area contributed by atoms with Crippen molar-refractivity contribution in [2.75, 3.05) is 0 Å². The van der Waals surface area contributed by atoms with Gasteiger partial charge in [0.25, 0.3) is 0 Å². The van der Waals surface area contributed by atoms with Gasteiger partial charge in [-0.2, -0.15) is 10.5 Å². The topological polar surface area (TPSA) is 62.4 Å². The van der Waals surface area contributed by atoms with Gasteiger partial charge in [0, 0.05) is 49.4 Å². The van der Waals surface area contributed by atoms with Gasteiger partial charge in [0.15, 0.2) is 0 Å². The van der Waals surface area contributed by atoms with Crippen LogP contribution >= 0.6 is 0 Å². The van der Waals surface area contributed by atoms with Crippen LogP contribution in [0.1, 0.15) is 11.1 Å². The summed E-state index contributed by atoms with van der Waals surface area (Å²) in [6.07, 6.45) is 0. The van der Waals surface area contributed by atoms with Crippen LogP contribution in [-0.4, -0.2) is 13.7 Å². The van der Waals surface area contributed by atoms with Crippen LogP contribution < -0.4 is 0 Å². The second-order valence-electron chi connectivity index (χ2n) is 14.1. The van der Waals surface area contributed by atoms with Crippen molar-refractivity contribution >= 4 is 65.4 Å². The number of hydrogen-bond donors (Lipinski definition) is 0. The van der Waals surface area contributed by atoms with E-state index in [0.717, 1.165) is 71.8 Å². The highest BCUT2D eigenvalue weighted by atomic mass is 15.0. The van der Waals surface area contributed by atoms with Crippen LogP contribution in [0.5, 0.6) is 0 Å². The lowest BCUT2D eigenvalue weighted by atomic mass is 10.0. The van der Waals surface area contributed by atoms with Gasteiger partial charge in [0.2, 0.25) is 0 Å². The van der Waals surface area contributed by atoms with Crippen LogP contribution in [0.3, 0.4) is 0 Å². The molecule has 0 fully saturated rings. The average molecular weight is 700 g/mol. The number of rotatable bonds is 4. The van der Waals surface area contributed by atoms with Crippen molar-refractivity contribution in [3.8, 4) is 40.3 Å². The molecule has 0 N–H and O–H groups in total. The van der Waals surface area contributed by atoms with Gasteiger partial charge < -0.3 is 13.7 Å². The normalized spacial score (nSPS) is 11.6. The molecule has 0 spiro atoms. The van der Waals surface area contributed by atoms with E-state index >= 15 is 0 Å². The van der Waals surface area contributed by atoms with E-state index in [-0.39, 0.29) is 0 Å². The lowest BCUT2D eigenvalue weighted by Gasteiger charge is -2.14. The van der Waals surface area contributed by atoms with Gasteiger partial charge in [-0.1, -0.05) is 84.9 Å². The van der Waals surface area contributed by atoms with Gasteiger partial charge in [-0.25, -0.2) is 0 Å². The third kappa shape index (κ3) is 4.58. The number of nitrogens with zero attached hydrogens (tertiary/aromatic N) is 5. The second kappa shape index (κ2) is 11.8. The first-order chi connectivity index (χ1) is 27.2. The highest BCUT2D eigenvalue weighted by Gasteiger charge is 2.18. The maximum absolute atomic E-state index is 10.4. The maximum atomic E-state index is 10.4. The number of benzene rings is 8. The van der Waals surface area contributed by atoms with E-state index in [4.69, 9.17) is 0 Å². The molecule has 0 amide bonds. The zero-order valence-corrected chi connectivity index (χ0v) is 29.5. The number of fused-ring (bicyclic) bond motifs is 9. The van der Waals surface area contributed by atoms with Crippen LogP contribution in [0.2, 0.25) is 0 Å². The Kier molecular flexibility index (Phi) is 6.61. The van der Waals surface area contributed by atoms with Crippen molar-refractivity contribution in [1.82, 2.24) is 13.7 Å². The Balaban J connectivity index is 1.10. The Labute approximate surface area is 316 Å². The quantitative estimate of drug-likeness (QED) is 0.184. The van der Waals surface area contributed by atoms with Crippen LogP contribution in [0, 0.1) is 22.7 Å². The Morgan fingerprint density at radius 2 is 0.745 bits per heavy atom. The standard InChI is InChI=1S/C50H29N5/c51-30-32-20-22-49-43(26-32)41-14-3-7-18-47(41)53(49)36-11-9-10-34(27-36)35-24-33(31-52)25-38(28-35)55-48-19-8-4-15-42(48)44-29-37(21-23-50(44)55)54-45-16-5-1-12-39(45)40-13-2-6-17-46(40)54/h1-29H. The van der Waals surface area contributed by atoms with Gasteiger partial charge in [-0.05, 0) is 102 Å². The van der Waals surface area contributed by atoms with Crippen LogP contribution in [0.25, 0.3) is 93.6 Å². The average Bonchev–Trinajstić information content (AvgIpc) is 3.89. The van der Waals surface area contributed by atoms with Crippen molar-refractivity contribution in [2.24, 2.45) is 0 Å². The Morgan fingerprint density at radius 1 is 0.291 bits per heavy atom. The Bertz CT molecular complexity index is 3420. The van der Waals surface area contributed by atoms with Crippen molar-refractivity contribution in [1.29, 1.82) is 10.5 Å². The van der Waals surface area contributed by atoms with Crippen molar-refractivity contribution in [2.45, 2.75) is 0 Å². The van der Waals surface area contributed by atoms with E-state index in [1.807, 2.05) is 42.5 Å². The molecule has 11 rings (SSSR count). The first-order valence-corrected chi connectivity index (χ1v) is 18.3. The van der Waals surface area contributed by atoms with Gasteiger partial charge in [0.05, 0.1) is 56.4 Å². The second-order valence-corrected chi connectivity index (χ2v) is 14.1. The number of aromatic nitrogens is 3. The summed E-state index contributed by atoms with van der Waals surface area (Å²) in [5.74, 6) is 0. The highest BCUT2D eigenvalue weighted by molar-refractivity contribution is 6.13. The minimum Gasteiger partial charge on any atom is -0.309 e. The van der Waals surface area contributed by atoms with E-state index < -0.39 is 0 Å². The molecule has 0 atom stereocenters. The smallest absolute Gasteiger partial charge is 0.0992 e. The number of nitriles is 2. The van der Waals surface area contributed by atoms with E-state index in [9.17, 15) is 10.5 Å². The monoisotopic (exact) mass is 699 g/mol. The third-order valence-electron chi connectivity index (χ3n) is 11.0. The van der Waals surface area contributed by atoms with E-state index in [0.29, 0.717) is 11.1 Å². The lowest BCUT2D eigenvalue weighted by molar-refractivity contribution is 1.16. The summed E-state index contributed by atoms with van der Waals surface area (Å²) in [6.45, 7) is 0. The van der Waals surface area contributed by atoms with Crippen molar-refractivity contribution < 1.29 is 0 Å². The molecule has 5 heteroatoms. The van der Waals surface area contributed by atoms with Gasteiger partial charge in [0.1, 0.15) is 0 Å². The molecule has 3 heterocycles. The minimum atomic E-state index is 0.589. The fourth-order valence-electron chi connectivity index (χ4n) is 8.70. The summed E-state index contributed by atoms with van der Waals surface area (Å²) >= 11 is 0. The molecule has 3 aromatic heterocycles. The molecule has 0 unspecified atom stereocenters. The molecule has 0 bridgehead atoms. The molecule has 11 aromatic rings. The fourth-order valence-corrected chi connectivity index (χ4v) is 8.70. The summed E-state index contributed by atoms with van der Waals surface area (Å²) in [6, 6.07) is 66.0. The third-order valence-corrected chi connectivity index (χ3v) is 11.0. The molecule has 55 heavy (non-hydrogen) atoms. The van der Waals surface area contributed by atoms with Crippen molar-refractivity contribution in [3.63, 3.8) is 0 Å². The van der Waals surface area contributed by atoms with Crippen LogP contribution in [0.15, 0.2) is 176 Å². The molecule has 0 aliphatic carbocycles. The zero-order valence-electron chi connectivity index (χ0n) is 29.5. The predicted octanol–water partition coefficient (Wildman–Crippen LogP) is 12.4. The molecule has 0 radical (unpaired) electrons. The Hall–Kier alpha value is -7.86. The summed E-state index contributed by atoms with van der Waals surface area (Å²) < 4.78 is 6.90. The van der Waals surface area contributed by atoms with Gasteiger partial charge >= 0.3 is 0 Å². The lowest BCUT2D eigenvalue weighted by Crippen LogP contribution is -1.98. The summed E-state index contributed by atoms with van der Waals surface area (Å²) in [7, 11) is 0. The van der Waals surface area contributed by atoms with E-state index in [1.165, 1.54) is 21.8 Å². The molecule has 0 aliphatic heterocycles. The maximum Gasteiger partial charge on any atom is 0.0992 e. The molecule has 254 valence electrons. The molecule has 0 aliphatic rings.